The third kappa shape index (κ3) is 9.48. The maximum atomic E-state index is 13.3. The van der Waals surface area contributed by atoms with Gasteiger partial charge in [-0.25, -0.2) is 4.99 Å². The van der Waals surface area contributed by atoms with E-state index in [-0.39, 0.29) is 69.0 Å². The van der Waals surface area contributed by atoms with Gasteiger partial charge in [-0.15, -0.1) is 0 Å². The van der Waals surface area contributed by atoms with E-state index in [1.807, 2.05) is 88.3 Å². The van der Waals surface area contributed by atoms with Crippen molar-refractivity contribution in [3.63, 3.8) is 0 Å². The Morgan fingerprint density at radius 2 is 1.14 bits per heavy atom. The molecule has 1 aliphatic heterocycles. The molecule has 2 aliphatic rings. The van der Waals surface area contributed by atoms with Crippen LogP contribution < -0.4 is 21.3 Å². The number of amides is 2. The van der Waals surface area contributed by atoms with Gasteiger partial charge in [0.2, 0.25) is 11.8 Å². The molecule has 2 amide bonds. The number of rotatable bonds is 12. The van der Waals surface area contributed by atoms with Gasteiger partial charge in [0, 0.05) is 63.1 Å². The predicted molar refractivity (Wildman–Crippen MR) is 253 cm³/mol. The number of nitrogens with one attached hydrogen (secondary N) is 3. The summed E-state index contributed by atoms with van der Waals surface area (Å²) in [4.78, 5) is 30.4. The molecule has 0 aromatic heterocycles. The molecular weight excluding hydrogens is 853 g/mol. The first-order valence-electron chi connectivity index (χ1n) is 21.0. The summed E-state index contributed by atoms with van der Waals surface area (Å²) in [7, 11) is -9.79. The number of carbonyl (C=O) groups excluding carboxylic acids is 2. The number of hydrogen-bond acceptors (Lipinski definition) is 9. The molecule has 0 saturated heterocycles. The highest BCUT2D eigenvalue weighted by Crippen LogP contribution is 2.45. The van der Waals surface area contributed by atoms with Crippen LogP contribution in [0.3, 0.4) is 0 Å². The van der Waals surface area contributed by atoms with E-state index in [4.69, 9.17) is 9.41 Å². The Bertz CT molecular complexity index is 3130. The molecule has 64 heavy (non-hydrogen) atoms. The minimum atomic E-state index is -4.98. The van der Waals surface area contributed by atoms with Gasteiger partial charge < -0.3 is 20.4 Å². The Kier molecular flexibility index (Phi) is 13.4. The molecule has 1 heterocycles. The van der Waals surface area contributed by atoms with Crippen molar-refractivity contribution >= 4 is 71.5 Å². The van der Waals surface area contributed by atoms with Crippen LogP contribution in [0.2, 0.25) is 0 Å². The van der Waals surface area contributed by atoms with Crippen molar-refractivity contribution in [3.8, 4) is 22.5 Å². The predicted octanol–water partition coefficient (Wildman–Crippen LogP) is 11.0. The topological polar surface area (TPSA) is 204 Å². The Hall–Kier alpha value is -5.87. The van der Waals surface area contributed by atoms with Gasteiger partial charge >= 0.3 is 0 Å². The first-order valence-corrected chi connectivity index (χ1v) is 23.9. The van der Waals surface area contributed by atoms with Crippen LogP contribution in [0.1, 0.15) is 74.9 Å². The summed E-state index contributed by atoms with van der Waals surface area (Å²) in [6, 6.07) is 17.2. The highest BCUT2D eigenvalue weighted by Gasteiger charge is 2.28. The number of nitrogens with zero attached hydrogens (tertiary/aromatic N) is 1. The number of hydrogen-bond donors (Lipinski definition) is 5. The summed E-state index contributed by atoms with van der Waals surface area (Å²) < 4.78 is 80.1. The molecule has 0 radical (unpaired) electrons. The Labute approximate surface area is 375 Å². The highest BCUT2D eigenvalue weighted by molar-refractivity contribution is 7.86. The summed E-state index contributed by atoms with van der Waals surface area (Å²) in [5, 5.41) is 9.91. The molecule has 6 rings (SSSR count). The lowest BCUT2D eigenvalue weighted by molar-refractivity contribution is -0.121. The first-order chi connectivity index (χ1) is 29.8. The van der Waals surface area contributed by atoms with Gasteiger partial charge in [0.15, 0.2) is 0 Å². The fourth-order valence-corrected chi connectivity index (χ4v) is 9.28. The minimum Gasteiger partial charge on any atom is -0.456 e. The fourth-order valence-electron chi connectivity index (χ4n) is 7.93. The van der Waals surface area contributed by atoms with Crippen molar-refractivity contribution in [2.75, 3.05) is 16.0 Å². The van der Waals surface area contributed by atoms with Gasteiger partial charge in [-0.3, -0.25) is 18.7 Å². The lowest BCUT2D eigenvalue weighted by Crippen LogP contribution is -2.25. The summed E-state index contributed by atoms with van der Waals surface area (Å²) in [5.74, 6) is -0.350. The maximum absolute atomic E-state index is 13.3. The van der Waals surface area contributed by atoms with Crippen LogP contribution in [-0.4, -0.2) is 37.8 Å². The molecule has 4 aromatic carbocycles. The molecule has 1 aliphatic carbocycles. The number of anilines is 4. The smallest absolute Gasteiger partial charge is 0.296 e. The van der Waals surface area contributed by atoms with Crippen molar-refractivity contribution in [1.82, 2.24) is 0 Å². The second-order valence-corrected chi connectivity index (χ2v) is 20.3. The zero-order chi connectivity index (χ0) is 47.3. The number of benzene rings is 5. The monoisotopic (exact) mass is 908 g/mol. The molecule has 0 saturated carbocycles. The number of fused-ring (bicyclic) bond motifs is 2. The van der Waals surface area contributed by atoms with Crippen molar-refractivity contribution in [3.05, 3.63) is 105 Å². The molecule has 2 atom stereocenters. The van der Waals surface area contributed by atoms with Crippen LogP contribution in [-0.2, 0) is 29.8 Å². The maximum Gasteiger partial charge on any atom is 0.296 e. The molecule has 2 unspecified atom stereocenters. The molecule has 338 valence electrons. The third-order valence-corrected chi connectivity index (χ3v) is 14.1. The second kappa shape index (κ2) is 18.0. The minimum absolute atomic E-state index is 0.0463. The van der Waals surface area contributed by atoms with Crippen molar-refractivity contribution in [2.45, 2.75) is 92.9 Å². The summed E-state index contributed by atoms with van der Waals surface area (Å²) >= 11 is 0. The summed E-state index contributed by atoms with van der Waals surface area (Å²) in [5.41, 5.74) is 7.55. The van der Waals surface area contributed by atoms with E-state index in [2.05, 4.69) is 16.0 Å². The Morgan fingerprint density at radius 1 is 0.609 bits per heavy atom. The second-order valence-electron chi connectivity index (χ2n) is 17.5. The van der Waals surface area contributed by atoms with Crippen molar-refractivity contribution in [2.24, 2.45) is 28.7 Å². The van der Waals surface area contributed by atoms with Gasteiger partial charge in [-0.1, -0.05) is 71.9 Å². The highest BCUT2D eigenvalue weighted by atomic mass is 32.2. The van der Waals surface area contributed by atoms with E-state index >= 15 is 0 Å². The van der Waals surface area contributed by atoms with Gasteiger partial charge in [0.1, 0.15) is 21.1 Å². The lowest BCUT2D eigenvalue weighted by Gasteiger charge is -2.23. The standard InChI is InChI=1S/C49H56N4O9S2/c1-24(2)30(9)48(54)52-46-28(7)19-26(5)44(32(46)11)50-34-17-18-35-39(21-34)62-40-23-38(51-45-27(6)20-29(8)47(33(45)12)53-49(55)31(10)25(3)4)42(64(59,60)61)22-37(40)43(35)36-15-13-14-16-41(36)63(56,57)58/h13-25,30-31,51H,1-12H3,(H,52,54)(H,53,55)(H,56,57,58)(H,59,60,61). The van der Waals surface area contributed by atoms with Crippen molar-refractivity contribution in [1.29, 1.82) is 0 Å². The molecule has 0 fully saturated rings. The van der Waals surface area contributed by atoms with Crippen LogP contribution in [0.15, 0.2) is 85.9 Å². The van der Waals surface area contributed by atoms with Crippen molar-refractivity contribution < 1.29 is 39.9 Å². The van der Waals surface area contributed by atoms with E-state index in [9.17, 15) is 35.5 Å². The van der Waals surface area contributed by atoms with Crippen LogP contribution in [0.4, 0.5) is 28.4 Å². The molecule has 15 heteroatoms. The number of carbonyl (C=O) groups is 2. The number of aryl methyl sites for hydroxylation is 4. The zero-order valence-corrected chi connectivity index (χ0v) is 39.8. The van der Waals surface area contributed by atoms with E-state index in [1.165, 1.54) is 30.3 Å². The molecule has 0 bridgehead atoms. The quantitative estimate of drug-likeness (QED) is 0.0580. The first kappa shape index (κ1) is 47.6. The Morgan fingerprint density at radius 3 is 1.70 bits per heavy atom. The van der Waals surface area contributed by atoms with Crippen LogP contribution in [0.25, 0.3) is 33.4 Å². The zero-order valence-electron chi connectivity index (χ0n) is 38.2. The summed E-state index contributed by atoms with van der Waals surface area (Å²) in [6.07, 6.45) is 0. The van der Waals surface area contributed by atoms with E-state index in [1.54, 1.807) is 31.2 Å². The molecule has 5 N–H and O–H groups in total. The molecule has 4 aromatic rings. The largest absolute Gasteiger partial charge is 0.456 e. The van der Waals surface area contributed by atoms with Gasteiger partial charge in [-0.05, 0) is 111 Å². The molecular formula is C49H56N4O9S2. The SMILES string of the molecule is Cc1cc(C)c(NC(=O)C(C)C(C)C)c(C)c1N=c1ccc2c(-c3ccccc3S(=O)(=O)O)c3cc(S(=O)(=O)O)c(Nc4c(C)cc(C)c(NC(=O)C(C)C(C)C)c4C)cc3oc-2c1. The van der Waals surface area contributed by atoms with E-state index in [0.29, 0.717) is 39.2 Å². The lowest BCUT2D eigenvalue weighted by atomic mass is 9.93. The molecule has 13 nitrogen and oxygen atoms in total. The van der Waals surface area contributed by atoms with Gasteiger partial charge in [-0.2, -0.15) is 16.8 Å². The Balaban J connectivity index is 1.63. The van der Waals surface area contributed by atoms with Gasteiger partial charge in [0.25, 0.3) is 20.2 Å². The summed E-state index contributed by atoms with van der Waals surface area (Å²) in [6.45, 7) is 22.8. The third-order valence-electron chi connectivity index (χ3n) is 12.2. The van der Waals surface area contributed by atoms with E-state index < -0.39 is 30.0 Å². The average Bonchev–Trinajstić information content (AvgIpc) is 3.21. The molecule has 0 spiro atoms. The fraction of sp³-hybridized carbons (Fsp3) is 0.327. The normalized spacial score (nSPS) is 13.5. The van der Waals surface area contributed by atoms with Crippen LogP contribution in [0.5, 0.6) is 0 Å². The van der Waals surface area contributed by atoms with Crippen LogP contribution in [0, 0.1) is 65.2 Å². The van der Waals surface area contributed by atoms with Crippen LogP contribution >= 0.6 is 0 Å². The average molecular weight is 909 g/mol. The van der Waals surface area contributed by atoms with Gasteiger partial charge in [0.05, 0.1) is 16.7 Å². The van der Waals surface area contributed by atoms with E-state index in [0.717, 1.165) is 27.8 Å².